The van der Waals surface area contributed by atoms with E-state index in [1.165, 1.54) is 10.9 Å². The van der Waals surface area contributed by atoms with Gasteiger partial charge in [0.05, 0.1) is 12.1 Å². The van der Waals surface area contributed by atoms with Gasteiger partial charge in [-0.15, -0.1) is 0 Å². The van der Waals surface area contributed by atoms with E-state index in [-0.39, 0.29) is 11.6 Å². The van der Waals surface area contributed by atoms with Crippen molar-refractivity contribution in [2.24, 2.45) is 0 Å². The topological polar surface area (TPSA) is 56.2 Å². The first-order chi connectivity index (χ1) is 7.20. The average molecular weight is 209 g/mol. The molecule has 1 aromatic rings. The highest BCUT2D eigenvalue weighted by Crippen LogP contribution is 2.18. The van der Waals surface area contributed by atoms with Gasteiger partial charge in [-0.05, 0) is 19.8 Å². The summed E-state index contributed by atoms with van der Waals surface area (Å²) in [6.07, 6.45) is 6.64. The predicted molar refractivity (Wildman–Crippen MR) is 54.6 cm³/mol. The molecule has 1 aromatic heterocycles. The summed E-state index contributed by atoms with van der Waals surface area (Å²) in [5.74, 6) is 0. The molecule has 2 heterocycles. The van der Waals surface area contributed by atoms with Gasteiger partial charge in [-0.1, -0.05) is 0 Å². The molecule has 1 atom stereocenters. The Kier molecular flexibility index (Phi) is 2.73. The highest BCUT2D eigenvalue weighted by atomic mass is 16.5. The van der Waals surface area contributed by atoms with Gasteiger partial charge in [0.15, 0.2) is 0 Å². The minimum absolute atomic E-state index is 0.152. The van der Waals surface area contributed by atoms with Gasteiger partial charge < -0.3 is 10.1 Å². The lowest BCUT2D eigenvalue weighted by Gasteiger charge is -2.34. The van der Waals surface area contributed by atoms with E-state index in [1.54, 1.807) is 12.4 Å². The van der Waals surface area contributed by atoms with E-state index < -0.39 is 0 Å². The van der Waals surface area contributed by atoms with Crippen molar-refractivity contribution in [3.05, 3.63) is 18.7 Å². The summed E-state index contributed by atoms with van der Waals surface area (Å²) in [5, 5.41) is 2.96. The molecule has 82 valence electrons. The summed E-state index contributed by atoms with van der Waals surface area (Å²) >= 11 is 0. The molecule has 0 spiro atoms. The fourth-order valence-electron chi connectivity index (χ4n) is 1.73. The molecule has 5 nitrogen and oxygen atoms in total. The maximum atomic E-state index is 11.7. The molecule has 0 aliphatic carbocycles. The Morgan fingerprint density at radius 1 is 1.67 bits per heavy atom. The quantitative estimate of drug-likeness (QED) is 0.751. The molecule has 0 bridgehead atoms. The van der Waals surface area contributed by atoms with Crippen LogP contribution < -0.4 is 5.32 Å². The van der Waals surface area contributed by atoms with Crippen molar-refractivity contribution in [2.75, 3.05) is 13.2 Å². The smallest absolute Gasteiger partial charge is 0.327 e. The molecule has 0 aromatic carbocycles. The molecular formula is C10H15N3O2. The standard InChI is InChI=1S/C10H15N3O2/c1-10(3-2-6-15-7-10)12-9(14)13-5-4-11-8-13/h4-5,8H,2-3,6-7H2,1H3,(H,12,14). The minimum Gasteiger partial charge on any atom is -0.379 e. The van der Waals surface area contributed by atoms with Gasteiger partial charge >= 0.3 is 6.03 Å². The third-order valence-corrected chi connectivity index (χ3v) is 2.59. The van der Waals surface area contributed by atoms with Crippen LogP contribution in [0.25, 0.3) is 0 Å². The number of nitrogens with one attached hydrogen (secondary N) is 1. The number of aromatic nitrogens is 2. The van der Waals surface area contributed by atoms with E-state index in [0.29, 0.717) is 6.61 Å². The van der Waals surface area contributed by atoms with Gasteiger partial charge in [0, 0.05) is 19.0 Å². The molecular weight excluding hydrogens is 194 g/mol. The number of carbonyl (C=O) groups is 1. The third kappa shape index (κ3) is 2.36. The normalized spacial score (nSPS) is 26.2. The molecule has 0 radical (unpaired) electrons. The molecule has 1 aliphatic rings. The zero-order valence-corrected chi connectivity index (χ0v) is 8.77. The lowest BCUT2D eigenvalue weighted by atomic mass is 9.95. The number of imidazole rings is 1. The first-order valence-electron chi connectivity index (χ1n) is 5.08. The number of rotatable bonds is 1. The zero-order valence-electron chi connectivity index (χ0n) is 8.77. The maximum absolute atomic E-state index is 11.7. The van der Waals surface area contributed by atoms with Gasteiger partial charge in [0.1, 0.15) is 6.33 Å². The zero-order chi connectivity index (χ0) is 10.7. The Morgan fingerprint density at radius 2 is 2.53 bits per heavy atom. The number of carbonyl (C=O) groups excluding carboxylic acids is 1. The summed E-state index contributed by atoms with van der Waals surface area (Å²) in [7, 11) is 0. The van der Waals surface area contributed by atoms with Gasteiger partial charge in [-0.2, -0.15) is 0 Å². The molecule has 0 saturated carbocycles. The van der Waals surface area contributed by atoms with Crippen LogP contribution in [0, 0.1) is 0 Å². The van der Waals surface area contributed by atoms with Crippen molar-refractivity contribution in [1.29, 1.82) is 0 Å². The molecule has 1 aliphatic heterocycles. The number of nitrogens with zero attached hydrogens (tertiary/aromatic N) is 2. The van der Waals surface area contributed by atoms with E-state index in [2.05, 4.69) is 10.3 Å². The van der Waals surface area contributed by atoms with Crippen LogP contribution in [0.2, 0.25) is 0 Å². The minimum atomic E-state index is -0.250. The van der Waals surface area contributed by atoms with Crippen molar-refractivity contribution in [3.63, 3.8) is 0 Å². The molecule has 1 fully saturated rings. The number of amides is 1. The first kappa shape index (κ1) is 10.2. The van der Waals surface area contributed by atoms with Gasteiger partial charge in [0.2, 0.25) is 0 Å². The molecule has 1 unspecified atom stereocenters. The Balaban J connectivity index is 1.98. The lowest BCUT2D eigenvalue weighted by Crippen LogP contribution is -2.52. The number of hydrogen-bond donors (Lipinski definition) is 1. The second-order valence-corrected chi connectivity index (χ2v) is 4.12. The number of hydrogen-bond acceptors (Lipinski definition) is 3. The van der Waals surface area contributed by atoms with Crippen LogP contribution in [-0.4, -0.2) is 34.3 Å². The van der Waals surface area contributed by atoms with E-state index >= 15 is 0 Å². The molecule has 5 heteroatoms. The van der Waals surface area contributed by atoms with Crippen molar-refractivity contribution in [2.45, 2.75) is 25.3 Å². The SMILES string of the molecule is CC1(NC(=O)n2ccnc2)CCCOC1. The summed E-state index contributed by atoms with van der Waals surface area (Å²) in [4.78, 5) is 15.6. The van der Waals surface area contributed by atoms with E-state index in [9.17, 15) is 4.79 Å². The van der Waals surface area contributed by atoms with Crippen molar-refractivity contribution in [3.8, 4) is 0 Å². The lowest BCUT2D eigenvalue weighted by molar-refractivity contribution is 0.0334. The maximum Gasteiger partial charge on any atom is 0.327 e. The summed E-state index contributed by atoms with van der Waals surface area (Å²) in [6, 6.07) is -0.152. The molecule has 1 amide bonds. The van der Waals surface area contributed by atoms with Crippen molar-refractivity contribution < 1.29 is 9.53 Å². The fraction of sp³-hybridized carbons (Fsp3) is 0.600. The van der Waals surface area contributed by atoms with Gasteiger partial charge in [-0.25, -0.2) is 9.78 Å². The van der Waals surface area contributed by atoms with E-state index in [0.717, 1.165) is 19.4 Å². The summed E-state index contributed by atoms with van der Waals surface area (Å²) in [5.41, 5.74) is -0.250. The van der Waals surface area contributed by atoms with Crippen LogP contribution in [0.5, 0.6) is 0 Å². The molecule has 15 heavy (non-hydrogen) atoms. The highest BCUT2D eigenvalue weighted by molar-refractivity contribution is 5.77. The van der Waals surface area contributed by atoms with Crippen LogP contribution in [-0.2, 0) is 4.74 Å². The van der Waals surface area contributed by atoms with Crippen LogP contribution in [0.4, 0.5) is 4.79 Å². The monoisotopic (exact) mass is 209 g/mol. The van der Waals surface area contributed by atoms with Crippen molar-refractivity contribution >= 4 is 6.03 Å². The molecule has 2 rings (SSSR count). The summed E-state index contributed by atoms with van der Waals surface area (Å²) in [6.45, 7) is 3.37. The first-order valence-corrected chi connectivity index (χ1v) is 5.08. The average Bonchev–Trinajstić information content (AvgIpc) is 2.70. The van der Waals surface area contributed by atoms with Crippen LogP contribution in [0.1, 0.15) is 19.8 Å². The highest BCUT2D eigenvalue weighted by Gasteiger charge is 2.29. The Labute approximate surface area is 88.4 Å². The third-order valence-electron chi connectivity index (χ3n) is 2.59. The van der Waals surface area contributed by atoms with Crippen LogP contribution in [0.3, 0.4) is 0 Å². The van der Waals surface area contributed by atoms with E-state index in [1.807, 2.05) is 6.92 Å². The Hall–Kier alpha value is -1.36. The molecule has 1 N–H and O–H groups in total. The number of ether oxygens (including phenoxy) is 1. The van der Waals surface area contributed by atoms with Crippen LogP contribution in [0.15, 0.2) is 18.7 Å². The van der Waals surface area contributed by atoms with E-state index in [4.69, 9.17) is 4.74 Å². The molecule has 1 saturated heterocycles. The predicted octanol–water partition coefficient (Wildman–Crippen LogP) is 1.01. The fourth-order valence-corrected chi connectivity index (χ4v) is 1.73. The summed E-state index contributed by atoms with van der Waals surface area (Å²) < 4.78 is 6.79. The van der Waals surface area contributed by atoms with Gasteiger partial charge in [0.25, 0.3) is 0 Å². The second kappa shape index (κ2) is 4.02. The Bertz CT molecular complexity index is 328. The van der Waals surface area contributed by atoms with Crippen LogP contribution >= 0.6 is 0 Å². The van der Waals surface area contributed by atoms with Gasteiger partial charge in [-0.3, -0.25) is 4.57 Å². The second-order valence-electron chi connectivity index (χ2n) is 4.12. The Morgan fingerprint density at radius 3 is 3.13 bits per heavy atom. The largest absolute Gasteiger partial charge is 0.379 e. The van der Waals surface area contributed by atoms with Crippen molar-refractivity contribution in [1.82, 2.24) is 14.9 Å².